The van der Waals surface area contributed by atoms with E-state index in [0.29, 0.717) is 15.6 Å². The summed E-state index contributed by atoms with van der Waals surface area (Å²) in [7, 11) is 0. The van der Waals surface area contributed by atoms with Gasteiger partial charge in [-0.3, -0.25) is 4.79 Å². The molecule has 0 amide bonds. The lowest BCUT2D eigenvalue weighted by atomic mass is 10.2. The molecule has 1 aromatic carbocycles. The fourth-order valence-corrected chi connectivity index (χ4v) is 1.51. The molecule has 0 bridgehead atoms. The predicted octanol–water partition coefficient (Wildman–Crippen LogP) is -0.324. The van der Waals surface area contributed by atoms with Crippen molar-refractivity contribution in [2.45, 2.75) is 0 Å². The molecule has 0 spiro atoms. The van der Waals surface area contributed by atoms with Crippen molar-refractivity contribution in [1.82, 2.24) is 24.8 Å². The van der Waals surface area contributed by atoms with Gasteiger partial charge in [0.15, 0.2) is 0 Å². The Kier molecular flexibility index (Phi) is 1.34. The fraction of sp³-hybridized carbons (Fsp3) is 0. The first-order chi connectivity index (χ1) is 7.29. The summed E-state index contributed by atoms with van der Waals surface area (Å²) in [5, 5.41) is 20.5. The normalized spacial score (nSPS) is 11.2. The monoisotopic (exact) mass is 203 g/mol. The van der Waals surface area contributed by atoms with Gasteiger partial charge in [0.1, 0.15) is 0 Å². The molecule has 3 rings (SSSR count). The van der Waals surface area contributed by atoms with Crippen LogP contribution in [-0.4, -0.2) is 30.0 Å². The van der Waals surface area contributed by atoms with Crippen LogP contribution in [0.5, 0.6) is 0 Å². The van der Waals surface area contributed by atoms with Crippen molar-refractivity contribution >= 4 is 16.7 Å². The summed E-state index contributed by atoms with van der Waals surface area (Å²) in [4.78, 5) is 11.6. The van der Waals surface area contributed by atoms with Gasteiger partial charge in [0.2, 0.25) is 0 Å². The van der Waals surface area contributed by atoms with Crippen LogP contribution in [0.3, 0.4) is 0 Å². The van der Waals surface area contributed by atoms with E-state index >= 15 is 0 Å². The molecule has 2 aromatic heterocycles. The Morgan fingerprint density at radius 3 is 2.93 bits per heavy atom. The molecular formula is C8H5N5O2. The van der Waals surface area contributed by atoms with E-state index in [2.05, 4.69) is 15.5 Å². The molecule has 0 saturated carbocycles. The van der Waals surface area contributed by atoms with Crippen molar-refractivity contribution in [3.05, 3.63) is 34.6 Å². The second kappa shape index (κ2) is 2.53. The highest BCUT2D eigenvalue weighted by atomic mass is 16.5. The summed E-state index contributed by atoms with van der Waals surface area (Å²) in [6, 6.07) is 6.79. The molecule has 15 heavy (non-hydrogen) atoms. The topological polar surface area (TPSA) is 85.3 Å². The number of para-hydroxylation sites is 1. The van der Waals surface area contributed by atoms with Gasteiger partial charge in [0, 0.05) is 0 Å². The minimum Gasteiger partial charge on any atom is -0.422 e. The fourth-order valence-electron chi connectivity index (χ4n) is 1.51. The minimum absolute atomic E-state index is 0.00120. The number of hydrogen-bond acceptors (Lipinski definition) is 5. The van der Waals surface area contributed by atoms with E-state index in [1.54, 1.807) is 24.3 Å². The van der Waals surface area contributed by atoms with Crippen molar-refractivity contribution in [3.8, 4) is 0 Å². The van der Waals surface area contributed by atoms with Gasteiger partial charge in [-0.2, -0.15) is 4.52 Å². The molecule has 7 heteroatoms. The molecule has 0 aliphatic heterocycles. The molecule has 0 aliphatic rings. The largest absolute Gasteiger partial charge is 0.422 e. The first-order valence-electron chi connectivity index (χ1n) is 4.20. The van der Waals surface area contributed by atoms with Gasteiger partial charge in [-0.05, 0) is 22.6 Å². The Balaban J connectivity index is 2.77. The molecule has 0 fully saturated rings. The highest BCUT2D eigenvalue weighted by Crippen LogP contribution is 2.08. The maximum absolute atomic E-state index is 11.6. The van der Waals surface area contributed by atoms with Gasteiger partial charge in [-0.15, -0.1) is 4.73 Å². The molecular weight excluding hydrogens is 198 g/mol. The SMILES string of the molecule is O=c1c2ccccc2n2nnnc2n1O. The minimum atomic E-state index is -0.534. The molecule has 0 unspecified atom stereocenters. The first-order valence-corrected chi connectivity index (χ1v) is 4.20. The van der Waals surface area contributed by atoms with Crippen LogP contribution < -0.4 is 5.56 Å². The highest BCUT2D eigenvalue weighted by Gasteiger charge is 2.11. The lowest BCUT2D eigenvalue weighted by molar-refractivity contribution is 0.184. The third kappa shape index (κ3) is 0.885. The lowest BCUT2D eigenvalue weighted by Gasteiger charge is -2.01. The number of fused-ring (bicyclic) bond motifs is 3. The van der Waals surface area contributed by atoms with Crippen molar-refractivity contribution in [1.29, 1.82) is 0 Å². The van der Waals surface area contributed by atoms with Crippen molar-refractivity contribution in [2.24, 2.45) is 0 Å². The second-order valence-corrected chi connectivity index (χ2v) is 3.02. The maximum Gasteiger partial charge on any atom is 0.295 e. The van der Waals surface area contributed by atoms with Crippen LogP contribution in [0.15, 0.2) is 29.1 Å². The highest BCUT2D eigenvalue weighted by molar-refractivity contribution is 5.79. The summed E-state index contributed by atoms with van der Waals surface area (Å²) in [5.74, 6) is -0.00120. The molecule has 7 nitrogen and oxygen atoms in total. The van der Waals surface area contributed by atoms with Crippen LogP contribution >= 0.6 is 0 Å². The zero-order valence-electron chi connectivity index (χ0n) is 7.40. The Labute approximate surface area is 82.1 Å². The summed E-state index contributed by atoms with van der Waals surface area (Å²) in [5.41, 5.74) is 0.0284. The average Bonchev–Trinajstić information content (AvgIpc) is 2.75. The van der Waals surface area contributed by atoms with E-state index in [1.807, 2.05) is 0 Å². The number of nitrogens with zero attached hydrogens (tertiary/aromatic N) is 5. The molecule has 74 valence electrons. The molecule has 2 heterocycles. The molecule has 0 aliphatic carbocycles. The van der Waals surface area contributed by atoms with Crippen LogP contribution in [0.4, 0.5) is 0 Å². The third-order valence-electron chi connectivity index (χ3n) is 2.20. The Morgan fingerprint density at radius 2 is 2.07 bits per heavy atom. The standard InChI is InChI=1S/C8H5N5O2/c14-7-5-3-1-2-4-6(5)12-8(13(7)15)9-10-11-12/h1-4,15H. The number of benzene rings is 1. The van der Waals surface area contributed by atoms with Crippen LogP contribution in [0.1, 0.15) is 0 Å². The smallest absolute Gasteiger partial charge is 0.295 e. The maximum atomic E-state index is 11.6. The quantitative estimate of drug-likeness (QED) is 0.506. The molecule has 0 saturated heterocycles. The Hall–Kier alpha value is -2.44. The van der Waals surface area contributed by atoms with Crippen LogP contribution in [-0.2, 0) is 0 Å². The van der Waals surface area contributed by atoms with E-state index in [4.69, 9.17) is 0 Å². The van der Waals surface area contributed by atoms with Crippen LogP contribution in [0, 0.1) is 0 Å². The summed E-state index contributed by atoms with van der Waals surface area (Å²) in [6.07, 6.45) is 0. The zero-order chi connectivity index (χ0) is 10.4. The van der Waals surface area contributed by atoms with E-state index < -0.39 is 5.56 Å². The van der Waals surface area contributed by atoms with Crippen molar-refractivity contribution < 1.29 is 5.21 Å². The van der Waals surface area contributed by atoms with Crippen LogP contribution in [0.25, 0.3) is 16.7 Å². The molecule has 1 N–H and O–H groups in total. The summed E-state index contributed by atoms with van der Waals surface area (Å²) in [6.45, 7) is 0. The predicted molar refractivity (Wildman–Crippen MR) is 49.7 cm³/mol. The van der Waals surface area contributed by atoms with Gasteiger partial charge < -0.3 is 5.21 Å². The van der Waals surface area contributed by atoms with E-state index in [-0.39, 0.29) is 5.78 Å². The first kappa shape index (κ1) is 7.92. The van der Waals surface area contributed by atoms with E-state index in [0.717, 1.165) is 0 Å². The van der Waals surface area contributed by atoms with Gasteiger partial charge in [-0.25, -0.2) is 0 Å². The number of rotatable bonds is 0. The Bertz CT molecular complexity index is 714. The van der Waals surface area contributed by atoms with Gasteiger partial charge in [0.25, 0.3) is 11.3 Å². The number of tetrazole rings is 1. The van der Waals surface area contributed by atoms with Crippen LogP contribution in [0.2, 0.25) is 0 Å². The lowest BCUT2D eigenvalue weighted by Crippen LogP contribution is -2.21. The summed E-state index contributed by atoms with van der Waals surface area (Å²) < 4.78 is 1.74. The second-order valence-electron chi connectivity index (χ2n) is 3.02. The molecule has 0 radical (unpaired) electrons. The van der Waals surface area contributed by atoms with Gasteiger partial charge >= 0.3 is 0 Å². The van der Waals surface area contributed by atoms with Gasteiger partial charge in [-0.1, -0.05) is 17.2 Å². The zero-order valence-corrected chi connectivity index (χ0v) is 7.40. The van der Waals surface area contributed by atoms with E-state index in [9.17, 15) is 10.0 Å². The third-order valence-corrected chi connectivity index (χ3v) is 2.20. The number of aromatic nitrogens is 5. The van der Waals surface area contributed by atoms with Gasteiger partial charge in [0.05, 0.1) is 10.9 Å². The van der Waals surface area contributed by atoms with E-state index in [1.165, 1.54) is 4.52 Å². The van der Waals surface area contributed by atoms with Crippen molar-refractivity contribution in [3.63, 3.8) is 0 Å². The van der Waals surface area contributed by atoms with Crippen molar-refractivity contribution in [2.75, 3.05) is 0 Å². The molecule has 3 aromatic rings. The summed E-state index contributed by atoms with van der Waals surface area (Å²) >= 11 is 0. The number of hydrogen-bond donors (Lipinski definition) is 1. The molecule has 0 atom stereocenters. The average molecular weight is 203 g/mol. The Morgan fingerprint density at radius 1 is 1.27 bits per heavy atom.